The molecule has 0 atom stereocenters. The van der Waals surface area contributed by atoms with E-state index in [1.165, 1.54) is 19.3 Å². The van der Waals surface area contributed by atoms with Gasteiger partial charge in [-0.1, -0.05) is 40.9 Å². The van der Waals surface area contributed by atoms with Gasteiger partial charge in [0.2, 0.25) is 0 Å². The lowest BCUT2D eigenvalue weighted by atomic mass is 10.1. The molecule has 0 unspecified atom stereocenters. The molecule has 0 aromatic heterocycles. The third-order valence-electron chi connectivity index (χ3n) is 2.55. The summed E-state index contributed by atoms with van der Waals surface area (Å²) in [6, 6.07) is 7.42. The molecule has 94 valence electrons. The molecule has 0 N–H and O–H groups in total. The Morgan fingerprint density at radius 3 is 2.59 bits per heavy atom. The second-order valence-corrected chi connectivity index (χ2v) is 4.80. The number of unbranched alkanes of at least 4 members (excludes halogenated alkanes) is 3. The summed E-state index contributed by atoms with van der Waals surface area (Å²) in [4.78, 5) is 11.4. The number of carbonyl (C=O) groups excluding carboxylic acids is 1. The summed E-state index contributed by atoms with van der Waals surface area (Å²) in [6.45, 7) is 2.25. The van der Waals surface area contributed by atoms with Gasteiger partial charge in [-0.2, -0.15) is 0 Å². The molecule has 0 amide bonds. The van der Waals surface area contributed by atoms with Gasteiger partial charge in [-0.3, -0.25) is 4.79 Å². The molecule has 0 saturated carbocycles. The van der Waals surface area contributed by atoms with E-state index in [9.17, 15) is 4.79 Å². The highest BCUT2D eigenvalue weighted by Crippen LogP contribution is 2.18. The van der Waals surface area contributed by atoms with Crippen molar-refractivity contribution < 1.29 is 9.53 Å². The molecule has 1 rings (SSSR count). The van der Waals surface area contributed by atoms with Gasteiger partial charge >= 0.3 is 0 Å². The number of alkyl halides is 1. The third-order valence-corrected chi connectivity index (χ3v) is 3.11. The highest BCUT2D eigenvalue weighted by molar-refractivity contribution is 9.09. The first-order valence-electron chi connectivity index (χ1n) is 6.04. The SMILES string of the molecule is CC(=O)c1ccccc1OCCCCCCBr. The average molecular weight is 299 g/mol. The fraction of sp³-hybridized carbons (Fsp3) is 0.500. The molecule has 2 nitrogen and oxygen atoms in total. The van der Waals surface area contributed by atoms with Crippen LogP contribution < -0.4 is 4.74 Å². The van der Waals surface area contributed by atoms with Crippen LogP contribution in [-0.2, 0) is 0 Å². The largest absolute Gasteiger partial charge is 0.493 e. The van der Waals surface area contributed by atoms with Crippen LogP contribution in [0, 0.1) is 0 Å². The fourth-order valence-corrected chi connectivity index (χ4v) is 2.01. The van der Waals surface area contributed by atoms with Crippen LogP contribution >= 0.6 is 15.9 Å². The van der Waals surface area contributed by atoms with Crippen LogP contribution in [0.2, 0.25) is 0 Å². The average Bonchev–Trinajstić information content (AvgIpc) is 2.34. The smallest absolute Gasteiger partial charge is 0.163 e. The van der Waals surface area contributed by atoms with E-state index in [0.717, 1.165) is 11.8 Å². The number of para-hydroxylation sites is 1. The first kappa shape index (κ1) is 14.2. The molecule has 3 heteroatoms. The van der Waals surface area contributed by atoms with Gasteiger partial charge in [0.05, 0.1) is 12.2 Å². The standard InChI is InChI=1S/C14H19BrO2/c1-12(16)13-8-4-5-9-14(13)17-11-7-3-2-6-10-15/h4-5,8-9H,2-3,6-7,10-11H2,1H3. The van der Waals surface area contributed by atoms with Crippen molar-refractivity contribution >= 4 is 21.7 Å². The molecule has 17 heavy (non-hydrogen) atoms. The summed E-state index contributed by atoms with van der Waals surface area (Å²) >= 11 is 3.41. The van der Waals surface area contributed by atoms with E-state index in [1.807, 2.05) is 24.3 Å². The predicted molar refractivity (Wildman–Crippen MR) is 74.2 cm³/mol. The summed E-state index contributed by atoms with van der Waals surface area (Å²) < 4.78 is 5.65. The lowest BCUT2D eigenvalue weighted by molar-refractivity contribution is 0.101. The molecule has 1 aromatic rings. The van der Waals surface area contributed by atoms with E-state index in [1.54, 1.807) is 6.92 Å². The number of benzene rings is 1. The highest BCUT2D eigenvalue weighted by atomic mass is 79.9. The molecule has 0 bridgehead atoms. The molecule has 0 spiro atoms. The van der Waals surface area contributed by atoms with Gasteiger partial charge in [0.15, 0.2) is 5.78 Å². The van der Waals surface area contributed by atoms with Crippen LogP contribution in [0.5, 0.6) is 5.75 Å². The summed E-state index contributed by atoms with van der Waals surface area (Å²) in [7, 11) is 0. The van der Waals surface area contributed by atoms with Crippen LogP contribution in [0.4, 0.5) is 0 Å². The van der Waals surface area contributed by atoms with Gasteiger partial charge in [0.25, 0.3) is 0 Å². The Hall–Kier alpha value is -0.830. The number of ether oxygens (including phenoxy) is 1. The van der Waals surface area contributed by atoms with E-state index in [0.29, 0.717) is 17.9 Å². The van der Waals surface area contributed by atoms with Crippen molar-refractivity contribution in [3.05, 3.63) is 29.8 Å². The zero-order valence-corrected chi connectivity index (χ0v) is 11.8. The van der Waals surface area contributed by atoms with Crippen molar-refractivity contribution in [2.24, 2.45) is 0 Å². The van der Waals surface area contributed by atoms with Crippen molar-refractivity contribution in [2.45, 2.75) is 32.6 Å². The van der Waals surface area contributed by atoms with E-state index in [2.05, 4.69) is 15.9 Å². The molecule has 0 heterocycles. The van der Waals surface area contributed by atoms with E-state index in [4.69, 9.17) is 4.74 Å². The Labute approximate surface area is 111 Å². The first-order valence-corrected chi connectivity index (χ1v) is 7.16. The molecule has 0 fully saturated rings. The lowest BCUT2D eigenvalue weighted by Crippen LogP contribution is -2.02. The fourth-order valence-electron chi connectivity index (χ4n) is 1.62. The zero-order chi connectivity index (χ0) is 12.5. The summed E-state index contributed by atoms with van der Waals surface area (Å²) in [5, 5.41) is 1.07. The maximum atomic E-state index is 11.4. The summed E-state index contributed by atoms with van der Waals surface area (Å²) in [6.07, 6.45) is 4.65. The molecule has 0 aliphatic carbocycles. The van der Waals surface area contributed by atoms with Gasteiger partial charge in [0.1, 0.15) is 5.75 Å². The predicted octanol–water partition coefficient (Wildman–Crippen LogP) is 4.22. The van der Waals surface area contributed by atoms with Gasteiger partial charge in [0, 0.05) is 5.33 Å². The van der Waals surface area contributed by atoms with Crippen LogP contribution in [0.25, 0.3) is 0 Å². The van der Waals surface area contributed by atoms with Gasteiger partial charge in [-0.15, -0.1) is 0 Å². The number of hydrogen-bond acceptors (Lipinski definition) is 2. The van der Waals surface area contributed by atoms with Gasteiger partial charge in [-0.05, 0) is 31.9 Å². The lowest BCUT2D eigenvalue weighted by Gasteiger charge is -2.09. The Balaban J connectivity index is 2.34. The maximum absolute atomic E-state index is 11.4. The first-order chi connectivity index (χ1) is 8.25. The van der Waals surface area contributed by atoms with Crippen LogP contribution in [0.3, 0.4) is 0 Å². The molecule has 0 aliphatic rings. The monoisotopic (exact) mass is 298 g/mol. The van der Waals surface area contributed by atoms with E-state index >= 15 is 0 Å². The van der Waals surface area contributed by atoms with Crippen molar-refractivity contribution in [3.8, 4) is 5.75 Å². The number of Topliss-reactive ketones (excluding diaryl/α,β-unsaturated/α-hetero) is 1. The Morgan fingerprint density at radius 1 is 1.18 bits per heavy atom. The molecule has 0 aliphatic heterocycles. The number of halogens is 1. The highest BCUT2D eigenvalue weighted by Gasteiger charge is 2.06. The quantitative estimate of drug-likeness (QED) is 0.408. The van der Waals surface area contributed by atoms with Gasteiger partial charge in [-0.25, -0.2) is 0 Å². The minimum absolute atomic E-state index is 0.0555. The Bertz CT molecular complexity index is 350. The second-order valence-electron chi connectivity index (χ2n) is 4.00. The van der Waals surface area contributed by atoms with Crippen LogP contribution in [0.1, 0.15) is 43.0 Å². The van der Waals surface area contributed by atoms with Crippen molar-refractivity contribution in [1.82, 2.24) is 0 Å². The minimum atomic E-state index is 0.0555. The van der Waals surface area contributed by atoms with Crippen LogP contribution in [0.15, 0.2) is 24.3 Å². The molecule has 0 saturated heterocycles. The number of hydrogen-bond donors (Lipinski definition) is 0. The maximum Gasteiger partial charge on any atom is 0.163 e. The zero-order valence-electron chi connectivity index (χ0n) is 10.2. The summed E-state index contributed by atoms with van der Waals surface area (Å²) in [5.74, 6) is 0.764. The number of rotatable bonds is 8. The normalized spacial score (nSPS) is 10.2. The third kappa shape index (κ3) is 5.35. The minimum Gasteiger partial charge on any atom is -0.493 e. The van der Waals surface area contributed by atoms with E-state index < -0.39 is 0 Å². The van der Waals surface area contributed by atoms with Crippen LogP contribution in [-0.4, -0.2) is 17.7 Å². The molecule has 0 radical (unpaired) electrons. The topological polar surface area (TPSA) is 26.3 Å². The molecular formula is C14H19BrO2. The number of ketones is 1. The van der Waals surface area contributed by atoms with Crippen molar-refractivity contribution in [3.63, 3.8) is 0 Å². The van der Waals surface area contributed by atoms with Crippen molar-refractivity contribution in [1.29, 1.82) is 0 Å². The summed E-state index contributed by atoms with van der Waals surface area (Å²) in [5.41, 5.74) is 0.674. The second kappa shape index (κ2) is 8.29. The molecular weight excluding hydrogens is 280 g/mol. The Morgan fingerprint density at radius 2 is 1.88 bits per heavy atom. The molecule has 1 aromatic carbocycles. The van der Waals surface area contributed by atoms with Gasteiger partial charge < -0.3 is 4.74 Å². The Kier molecular flexibility index (Phi) is 6.94. The van der Waals surface area contributed by atoms with Crippen molar-refractivity contribution in [2.75, 3.05) is 11.9 Å². The van der Waals surface area contributed by atoms with E-state index in [-0.39, 0.29) is 5.78 Å². The number of carbonyl (C=O) groups is 1.